The Bertz CT molecular complexity index is 163. The molecule has 0 spiro atoms. The number of rotatable bonds is 7. The maximum atomic E-state index is 2.39. The van der Waals surface area contributed by atoms with Crippen molar-refractivity contribution >= 4 is 0 Å². The molecule has 2 atom stereocenters. The number of hydrogen-bond acceptors (Lipinski definition) is 0. The Morgan fingerprint density at radius 1 is 1.00 bits per heavy atom. The molecule has 0 amide bonds. The standard InChI is InChI=1S/C16H33/c1-8-10-13(3)14(4)12-15(11-9-2)16(5,6)7/h13,15H,8-12H2,1-7H3. The lowest BCUT2D eigenvalue weighted by Crippen LogP contribution is -2.23. The van der Waals surface area contributed by atoms with Crippen molar-refractivity contribution in [2.75, 3.05) is 0 Å². The molecular formula is C16H33. The van der Waals surface area contributed by atoms with Crippen molar-refractivity contribution in [1.29, 1.82) is 0 Å². The predicted octanol–water partition coefficient (Wildman–Crippen LogP) is 5.87. The zero-order valence-corrected chi connectivity index (χ0v) is 12.7. The summed E-state index contributed by atoms with van der Waals surface area (Å²) in [5.74, 6) is 3.39. The first-order valence-corrected chi connectivity index (χ1v) is 7.15. The van der Waals surface area contributed by atoms with E-state index in [2.05, 4.69) is 48.5 Å². The van der Waals surface area contributed by atoms with Crippen LogP contribution in [0.4, 0.5) is 0 Å². The minimum atomic E-state index is 0.462. The summed E-state index contributed by atoms with van der Waals surface area (Å²) in [6.45, 7) is 16.5. The van der Waals surface area contributed by atoms with Crippen LogP contribution in [0.1, 0.15) is 80.6 Å². The molecule has 0 heterocycles. The van der Waals surface area contributed by atoms with Crippen molar-refractivity contribution in [3.63, 3.8) is 0 Å². The summed E-state index contributed by atoms with van der Waals surface area (Å²) in [5, 5.41) is 0. The summed E-state index contributed by atoms with van der Waals surface area (Å²) < 4.78 is 0. The highest BCUT2D eigenvalue weighted by atomic mass is 14.3. The van der Waals surface area contributed by atoms with Gasteiger partial charge in [-0.15, -0.1) is 0 Å². The first-order valence-electron chi connectivity index (χ1n) is 7.15. The molecule has 0 heteroatoms. The fourth-order valence-electron chi connectivity index (χ4n) is 2.46. The Balaban J connectivity index is 4.28. The maximum absolute atomic E-state index is 2.39. The van der Waals surface area contributed by atoms with Crippen molar-refractivity contribution in [2.24, 2.45) is 17.3 Å². The second-order valence-electron chi connectivity index (χ2n) is 6.59. The van der Waals surface area contributed by atoms with Crippen molar-refractivity contribution < 1.29 is 0 Å². The van der Waals surface area contributed by atoms with Gasteiger partial charge in [-0.05, 0) is 29.6 Å². The smallest absolute Gasteiger partial charge is 0.0241 e. The highest BCUT2D eigenvalue weighted by molar-refractivity contribution is 4.94. The van der Waals surface area contributed by atoms with E-state index >= 15 is 0 Å². The van der Waals surface area contributed by atoms with Gasteiger partial charge in [0.05, 0.1) is 0 Å². The van der Waals surface area contributed by atoms with Crippen LogP contribution >= 0.6 is 0 Å². The van der Waals surface area contributed by atoms with E-state index < -0.39 is 0 Å². The average molecular weight is 225 g/mol. The third-order valence-electron chi connectivity index (χ3n) is 3.99. The fraction of sp³-hybridized carbons (Fsp3) is 0.938. The summed E-state index contributed by atoms with van der Waals surface area (Å²) in [7, 11) is 0. The van der Waals surface area contributed by atoms with E-state index in [-0.39, 0.29) is 0 Å². The van der Waals surface area contributed by atoms with Gasteiger partial charge in [0.25, 0.3) is 0 Å². The van der Waals surface area contributed by atoms with Crippen LogP contribution in [0.5, 0.6) is 0 Å². The van der Waals surface area contributed by atoms with E-state index in [4.69, 9.17) is 0 Å². The van der Waals surface area contributed by atoms with Crippen LogP contribution in [0.15, 0.2) is 0 Å². The molecule has 0 aliphatic rings. The molecule has 0 nitrogen and oxygen atoms in total. The topological polar surface area (TPSA) is 0 Å². The van der Waals surface area contributed by atoms with Crippen LogP contribution < -0.4 is 0 Å². The van der Waals surface area contributed by atoms with Gasteiger partial charge < -0.3 is 0 Å². The van der Waals surface area contributed by atoms with E-state index in [1.807, 2.05) is 0 Å². The SMILES string of the molecule is CCCC(C)[C](C)CC(CCC)C(C)(C)C. The fourth-order valence-corrected chi connectivity index (χ4v) is 2.46. The van der Waals surface area contributed by atoms with Crippen LogP contribution in [0.25, 0.3) is 0 Å². The second kappa shape index (κ2) is 7.35. The minimum Gasteiger partial charge on any atom is -0.0654 e. The van der Waals surface area contributed by atoms with Gasteiger partial charge in [-0.1, -0.05) is 74.1 Å². The lowest BCUT2D eigenvalue weighted by atomic mass is 9.71. The summed E-state index contributed by atoms with van der Waals surface area (Å²) in [5.41, 5.74) is 0.462. The molecule has 0 bridgehead atoms. The van der Waals surface area contributed by atoms with E-state index in [0.717, 1.165) is 11.8 Å². The Hall–Kier alpha value is 0. The summed E-state index contributed by atoms with van der Waals surface area (Å²) in [4.78, 5) is 0. The molecule has 0 saturated heterocycles. The van der Waals surface area contributed by atoms with Gasteiger partial charge in [0.15, 0.2) is 0 Å². The quantitative estimate of drug-likeness (QED) is 0.508. The molecule has 0 saturated carbocycles. The van der Waals surface area contributed by atoms with Crippen LogP contribution in [-0.2, 0) is 0 Å². The van der Waals surface area contributed by atoms with Crippen molar-refractivity contribution in [3.05, 3.63) is 5.92 Å². The second-order valence-corrected chi connectivity index (χ2v) is 6.59. The van der Waals surface area contributed by atoms with Gasteiger partial charge in [-0.25, -0.2) is 0 Å². The molecule has 1 radical (unpaired) electrons. The monoisotopic (exact) mass is 225 g/mol. The Labute approximate surface area is 104 Å². The van der Waals surface area contributed by atoms with E-state index in [0.29, 0.717) is 5.41 Å². The normalized spacial score (nSPS) is 16.5. The van der Waals surface area contributed by atoms with Crippen LogP contribution in [0.2, 0.25) is 0 Å². The maximum Gasteiger partial charge on any atom is -0.0241 e. The van der Waals surface area contributed by atoms with Gasteiger partial charge >= 0.3 is 0 Å². The zero-order valence-electron chi connectivity index (χ0n) is 12.7. The summed E-state index contributed by atoms with van der Waals surface area (Å²) in [6, 6.07) is 0. The zero-order chi connectivity index (χ0) is 12.8. The molecule has 0 fully saturated rings. The molecule has 0 aliphatic carbocycles. The first-order chi connectivity index (χ1) is 7.32. The third-order valence-corrected chi connectivity index (χ3v) is 3.99. The molecule has 0 aliphatic heterocycles. The average Bonchev–Trinajstić information content (AvgIpc) is 2.15. The molecule has 0 N–H and O–H groups in total. The van der Waals surface area contributed by atoms with E-state index in [1.54, 1.807) is 5.92 Å². The minimum absolute atomic E-state index is 0.462. The van der Waals surface area contributed by atoms with E-state index in [9.17, 15) is 0 Å². The highest BCUT2D eigenvalue weighted by Crippen LogP contribution is 2.37. The van der Waals surface area contributed by atoms with Gasteiger partial charge in [0, 0.05) is 0 Å². The Kier molecular flexibility index (Phi) is 7.35. The summed E-state index contributed by atoms with van der Waals surface area (Å²) in [6.07, 6.45) is 6.69. The summed E-state index contributed by atoms with van der Waals surface area (Å²) >= 11 is 0. The predicted molar refractivity (Wildman–Crippen MR) is 75.5 cm³/mol. The third kappa shape index (κ3) is 5.92. The van der Waals surface area contributed by atoms with Gasteiger partial charge in [0.1, 0.15) is 0 Å². The lowest BCUT2D eigenvalue weighted by molar-refractivity contribution is 0.207. The molecule has 0 aromatic carbocycles. The Morgan fingerprint density at radius 2 is 1.50 bits per heavy atom. The molecular weight excluding hydrogens is 192 g/mol. The molecule has 0 aromatic heterocycles. The van der Waals surface area contributed by atoms with Crippen LogP contribution in [0.3, 0.4) is 0 Å². The lowest BCUT2D eigenvalue weighted by Gasteiger charge is -2.34. The highest BCUT2D eigenvalue weighted by Gasteiger charge is 2.27. The Morgan fingerprint density at radius 3 is 1.88 bits per heavy atom. The van der Waals surface area contributed by atoms with Gasteiger partial charge in [0.2, 0.25) is 0 Å². The van der Waals surface area contributed by atoms with Gasteiger partial charge in [-0.2, -0.15) is 0 Å². The van der Waals surface area contributed by atoms with Crippen molar-refractivity contribution in [2.45, 2.75) is 80.6 Å². The van der Waals surface area contributed by atoms with Crippen molar-refractivity contribution in [3.8, 4) is 0 Å². The largest absolute Gasteiger partial charge is 0.0654 e. The van der Waals surface area contributed by atoms with Crippen LogP contribution in [-0.4, -0.2) is 0 Å². The van der Waals surface area contributed by atoms with Gasteiger partial charge in [-0.3, -0.25) is 0 Å². The molecule has 97 valence electrons. The molecule has 16 heavy (non-hydrogen) atoms. The first kappa shape index (κ1) is 16.0. The van der Waals surface area contributed by atoms with E-state index in [1.165, 1.54) is 32.1 Å². The molecule has 0 aromatic rings. The van der Waals surface area contributed by atoms with Crippen molar-refractivity contribution in [1.82, 2.24) is 0 Å². The molecule has 0 rings (SSSR count). The molecule has 2 unspecified atom stereocenters. The van der Waals surface area contributed by atoms with Crippen LogP contribution in [0, 0.1) is 23.2 Å². The number of hydrogen-bond donors (Lipinski definition) is 0.